The van der Waals surface area contributed by atoms with Crippen molar-refractivity contribution in [3.63, 3.8) is 0 Å². The predicted octanol–water partition coefficient (Wildman–Crippen LogP) is 6.34. The van der Waals surface area contributed by atoms with Gasteiger partial charge in [-0.05, 0) is 106 Å². The van der Waals surface area contributed by atoms with Crippen molar-refractivity contribution in [3.8, 4) is 0 Å². The lowest BCUT2D eigenvalue weighted by Gasteiger charge is -2.48. The van der Waals surface area contributed by atoms with Crippen LogP contribution in [0.4, 0.5) is 0 Å². The smallest absolute Gasteiger partial charge is 0.0809 e. The number of fused-ring (bicyclic) bond motifs is 1. The van der Waals surface area contributed by atoms with Crippen LogP contribution >= 0.6 is 0 Å². The number of hydrogen-bond acceptors (Lipinski definition) is 3. The molecule has 0 spiro atoms. The first kappa shape index (κ1) is 25.7. The summed E-state index contributed by atoms with van der Waals surface area (Å²) in [5, 5.41) is 30.6. The van der Waals surface area contributed by atoms with Gasteiger partial charge in [0.05, 0.1) is 17.8 Å². The van der Waals surface area contributed by atoms with Crippen LogP contribution in [0.25, 0.3) is 0 Å². The average molecular weight is 445 g/mol. The molecule has 3 saturated carbocycles. The largest absolute Gasteiger partial charge is 0.390 e. The molecule has 2 unspecified atom stereocenters. The van der Waals surface area contributed by atoms with E-state index in [4.69, 9.17) is 0 Å². The van der Waals surface area contributed by atoms with Crippen LogP contribution < -0.4 is 0 Å². The zero-order valence-electron chi connectivity index (χ0n) is 21.5. The first-order valence-corrected chi connectivity index (χ1v) is 12.9. The molecule has 0 aromatic heterocycles. The van der Waals surface area contributed by atoms with Gasteiger partial charge in [-0.3, -0.25) is 0 Å². The summed E-state index contributed by atoms with van der Waals surface area (Å²) in [4.78, 5) is 0. The Hall–Kier alpha value is -0.900. The minimum absolute atomic E-state index is 0.211. The Labute approximate surface area is 196 Å². The van der Waals surface area contributed by atoms with Crippen LogP contribution in [0.2, 0.25) is 0 Å². The third kappa shape index (κ3) is 5.42. The molecule has 6 atom stereocenters. The highest BCUT2D eigenvalue weighted by Crippen LogP contribution is 2.61. The molecule has 0 aliphatic heterocycles. The van der Waals surface area contributed by atoms with Gasteiger partial charge in [0.1, 0.15) is 0 Å². The van der Waals surface area contributed by atoms with Crippen molar-refractivity contribution in [2.75, 3.05) is 0 Å². The van der Waals surface area contributed by atoms with E-state index in [1.165, 1.54) is 32.1 Å². The molecule has 32 heavy (non-hydrogen) atoms. The fourth-order valence-corrected chi connectivity index (χ4v) is 6.93. The molecule has 0 heterocycles. The number of hydrogen-bond donors (Lipinski definition) is 3. The van der Waals surface area contributed by atoms with Crippen molar-refractivity contribution in [2.45, 2.75) is 117 Å². The van der Waals surface area contributed by atoms with E-state index < -0.39 is 17.8 Å². The fourth-order valence-electron chi connectivity index (χ4n) is 6.93. The monoisotopic (exact) mass is 444 g/mol. The Morgan fingerprint density at radius 3 is 2.28 bits per heavy atom. The maximum atomic E-state index is 10.3. The zero-order chi connectivity index (χ0) is 23.9. The summed E-state index contributed by atoms with van der Waals surface area (Å²) in [6.07, 6.45) is 12.6. The average Bonchev–Trinajstić information content (AvgIpc) is 3.05. The molecule has 0 saturated heterocycles. The van der Waals surface area contributed by atoms with Crippen LogP contribution in [-0.4, -0.2) is 33.1 Å². The van der Waals surface area contributed by atoms with Crippen LogP contribution in [0.5, 0.6) is 0 Å². The second-order valence-corrected chi connectivity index (χ2v) is 12.8. The van der Waals surface area contributed by atoms with Gasteiger partial charge in [-0.2, -0.15) is 0 Å². The predicted molar refractivity (Wildman–Crippen MR) is 133 cm³/mol. The van der Waals surface area contributed by atoms with Crippen molar-refractivity contribution in [2.24, 2.45) is 28.6 Å². The Kier molecular flexibility index (Phi) is 7.55. The molecule has 0 bridgehead atoms. The zero-order valence-corrected chi connectivity index (χ0v) is 21.5. The molecule has 3 aliphatic rings. The lowest BCUT2D eigenvalue weighted by molar-refractivity contribution is 0.0127. The summed E-state index contributed by atoms with van der Waals surface area (Å²) < 4.78 is 0. The second kappa shape index (κ2) is 9.39. The van der Waals surface area contributed by atoms with Crippen LogP contribution in [0.15, 0.2) is 35.5 Å². The highest BCUT2D eigenvalue weighted by molar-refractivity contribution is 5.29. The number of allylic oxidation sites excluding steroid dienone is 3. The van der Waals surface area contributed by atoms with Gasteiger partial charge in [0.2, 0.25) is 0 Å². The van der Waals surface area contributed by atoms with Gasteiger partial charge in [0.25, 0.3) is 0 Å². The lowest BCUT2D eigenvalue weighted by atomic mass is 9.57. The summed E-state index contributed by atoms with van der Waals surface area (Å²) in [5.74, 6) is 1.97. The van der Waals surface area contributed by atoms with Crippen molar-refractivity contribution in [3.05, 3.63) is 35.5 Å². The minimum atomic E-state index is -0.622. The quantitative estimate of drug-likeness (QED) is 0.419. The van der Waals surface area contributed by atoms with E-state index in [1.807, 2.05) is 13.8 Å². The van der Waals surface area contributed by atoms with E-state index in [1.54, 1.807) is 5.57 Å². The Morgan fingerprint density at radius 2 is 1.69 bits per heavy atom. The molecule has 3 rings (SSSR count). The third-order valence-electron chi connectivity index (χ3n) is 9.56. The number of aliphatic hydroxyl groups is 3. The summed E-state index contributed by atoms with van der Waals surface area (Å²) in [5.41, 5.74) is 3.22. The van der Waals surface area contributed by atoms with Crippen LogP contribution in [-0.2, 0) is 0 Å². The van der Waals surface area contributed by atoms with E-state index in [9.17, 15) is 15.3 Å². The van der Waals surface area contributed by atoms with Crippen molar-refractivity contribution in [1.82, 2.24) is 0 Å². The van der Waals surface area contributed by atoms with Gasteiger partial charge in [-0.15, -0.1) is 0 Å². The maximum absolute atomic E-state index is 10.3. The SMILES string of the molecule is C=C1[C@H](O)CC(=C/C=C2\CCC[C@@]3(C)C2CCC3[C@H](C)C(C)(C)CCC(C)(C)O)C[C@H]1O. The van der Waals surface area contributed by atoms with Gasteiger partial charge >= 0.3 is 0 Å². The lowest BCUT2D eigenvalue weighted by Crippen LogP contribution is -2.40. The van der Waals surface area contributed by atoms with E-state index in [0.29, 0.717) is 41.6 Å². The Balaban J connectivity index is 1.75. The van der Waals surface area contributed by atoms with Crippen molar-refractivity contribution < 1.29 is 15.3 Å². The van der Waals surface area contributed by atoms with Crippen LogP contribution in [0.3, 0.4) is 0 Å². The molecule has 0 aromatic rings. The van der Waals surface area contributed by atoms with E-state index in [2.05, 4.69) is 46.4 Å². The molecule has 3 fully saturated rings. The van der Waals surface area contributed by atoms with Gasteiger partial charge in [0.15, 0.2) is 0 Å². The first-order valence-electron chi connectivity index (χ1n) is 12.9. The maximum Gasteiger partial charge on any atom is 0.0809 e. The van der Waals surface area contributed by atoms with Gasteiger partial charge < -0.3 is 15.3 Å². The molecule has 3 heteroatoms. The van der Waals surface area contributed by atoms with Gasteiger partial charge in [-0.25, -0.2) is 0 Å². The highest BCUT2D eigenvalue weighted by atomic mass is 16.3. The fraction of sp³-hybridized carbons (Fsp3) is 0.793. The minimum Gasteiger partial charge on any atom is -0.390 e. The van der Waals surface area contributed by atoms with Gasteiger partial charge in [0, 0.05) is 0 Å². The third-order valence-corrected chi connectivity index (χ3v) is 9.56. The van der Waals surface area contributed by atoms with Crippen molar-refractivity contribution >= 4 is 0 Å². The molecule has 3 N–H and O–H groups in total. The second-order valence-electron chi connectivity index (χ2n) is 12.8. The first-order chi connectivity index (χ1) is 14.7. The molecular weight excluding hydrogens is 396 g/mol. The highest BCUT2D eigenvalue weighted by Gasteiger charge is 2.52. The topological polar surface area (TPSA) is 60.7 Å². The molecular formula is C29H48O3. The molecule has 182 valence electrons. The normalized spacial score (nSPS) is 36.3. The Bertz CT molecular complexity index is 737. The van der Waals surface area contributed by atoms with Crippen LogP contribution in [0, 0.1) is 28.6 Å². The molecule has 0 radical (unpaired) electrons. The van der Waals surface area contributed by atoms with E-state index in [-0.39, 0.29) is 5.41 Å². The number of rotatable bonds is 6. The van der Waals surface area contributed by atoms with E-state index in [0.717, 1.165) is 18.4 Å². The van der Waals surface area contributed by atoms with Gasteiger partial charge in [-0.1, -0.05) is 57.6 Å². The molecule has 0 aromatic carbocycles. The summed E-state index contributed by atoms with van der Waals surface area (Å²) in [6, 6.07) is 0. The Morgan fingerprint density at radius 1 is 1.06 bits per heavy atom. The summed E-state index contributed by atoms with van der Waals surface area (Å²) in [6.45, 7) is 17.5. The summed E-state index contributed by atoms with van der Waals surface area (Å²) >= 11 is 0. The standard InChI is InChI=1S/C29H48O3/c1-19-25(30)17-21(18-26(19)31)10-11-22-9-8-14-29(7)23(12-13-24(22)29)20(2)27(3,4)15-16-28(5,6)32/h10-11,20,23-26,30-32H,1,8-9,12-18H2,2-7H3/b22-11+/t20-,23?,24?,25+,26+,29+/m0/s1. The molecule has 3 nitrogen and oxygen atoms in total. The van der Waals surface area contributed by atoms with Crippen LogP contribution in [0.1, 0.15) is 99.3 Å². The number of aliphatic hydroxyl groups excluding tert-OH is 2. The van der Waals surface area contributed by atoms with Crippen molar-refractivity contribution in [1.29, 1.82) is 0 Å². The summed E-state index contributed by atoms with van der Waals surface area (Å²) in [7, 11) is 0. The molecule has 3 aliphatic carbocycles. The van der Waals surface area contributed by atoms with E-state index >= 15 is 0 Å². The molecule has 0 amide bonds.